The van der Waals surface area contributed by atoms with Gasteiger partial charge < -0.3 is 10.8 Å². The Labute approximate surface area is 93.6 Å². The maximum Gasteiger partial charge on any atom is 0.0446 e. The fourth-order valence-corrected chi connectivity index (χ4v) is 1.84. The first kappa shape index (κ1) is 12.9. The van der Waals surface area contributed by atoms with Gasteiger partial charge in [-0.25, -0.2) is 0 Å². The topological polar surface area (TPSA) is 49.5 Å². The smallest absolute Gasteiger partial charge is 0.0446 e. The average molecular weight is 214 g/mol. The summed E-state index contributed by atoms with van der Waals surface area (Å²) in [5, 5.41) is 8.82. The van der Waals surface area contributed by atoms with E-state index in [4.69, 9.17) is 10.8 Å². The summed E-state index contributed by atoms with van der Waals surface area (Å²) in [7, 11) is 0. The summed E-state index contributed by atoms with van der Waals surface area (Å²) in [5.41, 5.74) is 5.96. The van der Waals surface area contributed by atoms with Crippen molar-refractivity contribution in [2.45, 2.75) is 51.6 Å². The third kappa shape index (κ3) is 5.50. The number of rotatable bonds is 8. The van der Waals surface area contributed by atoms with E-state index in [1.807, 2.05) is 0 Å². The molecule has 0 bridgehead atoms. The second-order valence-electron chi connectivity index (χ2n) is 5.18. The van der Waals surface area contributed by atoms with Crippen LogP contribution in [0.2, 0.25) is 0 Å². The van der Waals surface area contributed by atoms with Crippen molar-refractivity contribution in [1.29, 1.82) is 0 Å². The molecule has 0 aromatic rings. The van der Waals surface area contributed by atoms with Crippen LogP contribution in [0.4, 0.5) is 0 Å². The molecule has 0 saturated heterocycles. The summed E-state index contributed by atoms with van der Waals surface area (Å²) in [6.45, 7) is 6.86. The van der Waals surface area contributed by atoms with Gasteiger partial charge in [-0.1, -0.05) is 13.8 Å². The zero-order valence-corrected chi connectivity index (χ0v) is 10.2. The van der Waals surface area contributed by atoms with Crippen LogP contribution in [0.15, 0.2) is 0 Å². The molecular formula is C12H26N2O. The van der Waals surface area contributed by atoms with Crippen LogP contribution in [0.1, 0.15) is 39.5 Å². The Morgan fingerprint density at radius 1 is 1.33 bits per heavy atom. The zero-order chi connectivity index (χ0) is 11.3. The van der Waals surface area contributed by atoms with Gasteiger partial charge in [-0.3, -0.25) is 4.90 Å². The molecule has 0 heterocycles. The van der Waals surface area contributed by atoms with E-state index in [0.29, 0.717) is 0 Å². The molecule has 0 amide bonds. The highest BCUT2D eigenvalue weighted by atomic mass is 16.3. The number of nitrogens with two attached hydrogens (primary N) is 1. The lowest BCUT2D eigenvalue weighted by Gasteiger charge is -2.26. The standard InChI is InChI=1S/C12H26N2O/c1-10(2)5-7-14(12-3-4-12)9-11(13)6-8-15/h10-12,15H,3-9,13H2,1-2H3. The normalized spacial score (nSPS) is 18.8. The van der Waals surface area contributed by atoms with Crippen LogP contribution in [0.5, 0.6) is 0 Å². The van der Waals surface area contributed by atoms with E-state index < -0.39 is 0 Å². The van der Waals surface area contributed by atoms with Gasteiger partial charge in [0.15, 0.2) is 0 Å². The van der Waals surface area contributed by atoms with Crippen LogP contribution in [0, 0.1) is 5.92 Å². The average Bonchev–Trinajstić information content (AvgIpc) is 2.95. The van der Waals surface area contributed by atoms with Gasteiger partial charge in [0.05, 0.1) is 0 Å². The highest BCUT2D eigenvalue weighted by molar-refractivity contribution is 4.86. The van der Waals surface area contributed by atoms with Crippen molar-refractivity contribution in [2.75, 3.05) is 19.7 Å². The van der Waals surface area contributed by atoms with Crippen LogP contribution in [0.25, 0.3) is 0 Å². The Hall–Kier alpha value is -0.120. The zero-order valence-electron chi connectivity index (χ0n) is 10.2. The van der Waals surface area contributed by atoms with E-state index in [-0.39, 0.29) is 12.6 Å². The molecule has 0 spiro atoms. The van der Waals surface area contributed by atoms with Crippen LogP contribution in [-0.4, -0.2) is 41.8 Å². The molecule has 3 heteroatoms. The molecule has 1 unspecified atom stereocenters. The van der Waals surface area contributed by atoms with Crippen molar-refractivity contribution in [3.8, 4) is 0 Å². The molecule has 1 atom stereocenters. The predicted octanol–water partition coefficient (Wildman–Crippen LogP) is 1.21. The van der Waals surface area contributed by atoms with Crippen LogP contribution in [-0.2, 0) is 0 Å². The lowest BCUT2D eigenvalue weighted by molar-refractivity contribution is 0.209. The van der Waals surface area contributed by atoms with Gasteiger partial charge in [-0.2, -0.15) is 0 Å². The molecule has 90 valence electrons. The summed E-state index contributed by atoms with van der Waals surface area (Å²) in [6.07, 6.45) is 4.65. The molecule has 1 fully saturated rings. The van der Waals surface area contributed by atoms with Gasteiger partial charge in [0, 0.05) is 25.2 Å². The van der Waals surface area contributed by atoms with E-state index in [0.717, 1.165) is 24.9 Å². The highest BCUT2D eigenvalue weighted by Crippen LogP contribution is 2.27. The third-order valence-electron chi connectivity index (χ3n) is 3.03. The van der Waals surface area contributed by atoms with Crippen molar-refractivity contribution < 1.29 is 5.11 Å². The van der Waals surface area contributed by atoms with Crippen molar-refractivity contribution in [3.05, 3.63) is 0 Å². The van der Waals surface area contributed by atoms with Crippen LogP contribution < -0.4 is 5.73 Å². The minimum Gasteiger partial charge on any atom is -0.396 e. The molecule has 15 heavy (non-hydrogen) atoms. The van der Waals surface area contributed by atoms with Crippen molar-refractivity contribution in [1.82, 2.24) is 4.90 Å². The molecule has 1 rings (SSSR count). The maximum absolute atomic E-state index is 8.82. The monoisotopic (exact) mass is 214 g/mol. The molecule has 1 aliphatic carbocycles. The van der Waals surface area contributed by atoms with Crippen LogP contribution >= 0.6 is 0 Å². The highest BCUT2D eigenvalue weighted by Gasteiger charge is 2.29. The summed E-state index contributed by atoms with van der Waals surface area (Å²) < 4.78 is 0. The fraction of sp³-hybridized carbons (Fsp3) is 1.00. The van der Waals surface area contributed by atoms with E-state index in [1.165, 1.54) is 25.8 Å². The van der Waals surface area contributed by atoms with Crippen molar-refractivity contribution in [2.24, 2.45) is 11.7 Å². The van der Waals surface area contributed by atoms with Gasteiger partial charge >= 0.3 is 0 Å². The van der Waals surface area contributed by atoms with Gasteiger partial charge in [0.25, 0.3) is 0 Å². The summed E-state index contributed by atoms with van der Waals surface area (Å²) >= 11 is 0. The first-order valence-electron chi connectivity index (χ1n) is 6.24. The largest absolute Gasteiger partial charge is 0.396 e. The molecule has 1 saturated carbocycles. The molecule has 0 aliphatic heterocycles. The number of aliphatic hydroxyl groups excluding tert-OH is 1. The molecular weight excluding hydrogens is 188 g/mol. The first-order chi connectivity index (χ1) is 7.13. The van der Waals surface area contributed by atoms with E-state index in [9.17, 15) is 0 Å². The molecule has 0 aromatic carbocycles. The van der Waals surface area contributed by atoms with Gasteiger partial charge in [0.1, 0.15) is 0 Å². The van der Waals surface area contributed by atoms with Gasteiger partial charge in [-0.15, -0.1) is 0 Å². The number of hydrogen-bond acceptors (Lipinski definition) is 3. The lowest BCUT2D eigenvalue weighted by atomic mass is 10.1. The molecule has 0 radical (unpaired) electrons. The molecule has 1 aliphatic rings. The number of aliphatic hydroxyl groups is 1. The Bertz CT molecular complexity index is 169. The Morgan fingerprint density at radius 2 is 2.00 bits per heavy atom. The Kier molecular flexibility index (Phi) is 5.58. The Balaban J connectivity index is 2.23. The quantitative estimate of drug-likeness (QED) is 0.638. The molecule has 3 nitrogen and oxygen atoms in total. The van der Waals surface area contributed by atoms with E-state index >= 15 is 0 Å². The molecule has 3 N–H and O–H groups in total. The predicted molar refractivity (Wildman–Crippen MR) is 63.7 cm³/mol. The minimum atomic E-state index is 0.141. The van der Waals surface area contributed by atoms with Crippen molar-refractivity contribution >= 4 is 0 Å². The number of hydrogen-bond donors (Lipinski definition) is 2. The fourth-order valence-electron chi connectivity index (χ4n) is 1.84. The maximum atomic E-state index is 8.82. The van der Waals surface area contributed by atoms with E-state index in [2.05, 4.69) is 18.7 Å². The van der Waals surface area contributed by atoms with Gasteiger partial charge in [0.2, 0.25) is 0 Å². The summed E-state index contributed by atoms with van der Waals surface area (Å²) in [5.74, 6) is 0.764. The van der Waals surface area contributed by atoms with E-state index in [1.54, 1.807) is 0 Å². The lowest BCUT2D eigenvalue weighted by Crippen LogP contribution is -2.40. The minimum absolute atomic E-state index is 0.141. The summed E-state index contributed by atoms with van der Waals surface area (Å²) in [4.78, 5) is 2.51. The Morgan fingerprint density at radius 3 is 2.47 bits per heavy atom. The van der Waals surface area contributed by atoms with Gasteiger partial charge in [-0.05, 0) is 38.1 Å². The second-order valence-corrected chi connectivity index (χ2v) is 5.18. The SMILES string of the molecule is CC(C)CCN(CC(N)CCO)C1CC1. The van der Waals surface area contributed by atoms with Crippen LogP contribution in [0.3, 0.4) is 0 Å². The summed E-state index contributed by atoms with van der Waals surface area (Å²) in [6, 6.07) is 0.927. The number of nitrogens with zero attached hydrogens (tertiary/aromatic N) is 1. The first-order valence-corrected chi connectivity index (χ1v) is 6.24. The van der Waals surface area contributed by atoms with Crippen molar-refractivity contribution in [3.63, 3.8) is 0 Å². The third-order valence-corrected chi connectivity index (χ3v) is 3.03. The molecule has 0 aromatic heterocycles. The second kappa shape index (κ2) is 6.46.